The summed E-state index contributed by atoms with van der Waals surface area (Å²) in [6.45, 7) is 5.55. The second-order valence-corrected chi connectivity index (χ2v) is 12.7. The molecule has 4 amide bonds. The van der Waals surface area contributed by atoms with Gasteiger partial charge in [0.2, 0.25) is 21.8 Å². The molecule has 11 nitrogen and oxygen atoms in total. The first-order chi connectivity index (χ1) is 16.7. The standard InChI is InChI=1S/C24H38N4O7S/c1-23(2,3)35-22(32)25-17-12-9-7-5-6-8-11-16-15-24(16,21(31)27-36(4,33)34)26-19(29)18-13-10-14-28(18)20(17)30/h8,11,16-18H,5-7,9-10,12-15H2,1-4H3,(H,25,32)(H,26,29)(H,27,31)/b11-8-. The van der Waals surface area contributed by atoms with Crippen molar-refractivity contribution in [1.82, 2.24) is 20.3 Å². The van der Waals surface area contributed by atoms with Crippen LogP contribution in [0.15, 0.2) is 12.2 Å². The molecule has 2 aliphatic heterocycles. The topological polar surface area (TPSA) is 151 Å². The molecule has 1 saturated heterocycles. The fraction of sp³-hybridized carbons (Fsp3) is 0.750. The summed E-state index contributed by atoms with van der Waals surface area (Å²) >= 11 is 0. The lowest BCUT2D eigenvalue weighted by atomic mass is 10.0. The van der Waals surface area contributed by atoms with E-state index >= 15 is 0 Å². The molecule has 0 bridgehead atoms. The van der Waals surface area contributed by atoms with Gasteiger partial charge in [-0.05, 0) is 59.3 Å². The minimum absolute atomic E-state index is 0.278. The zero-order valence-electron chi connectivity index (χ0n) is 21.5. The van der Waals surface area contributed by atoms with Crippen molar-refractivity contribution < 1.29 is 32.3 Å². The average molecular weight is 527 g/mol. The second kappa shape index (κ2) is 10.8. The molecule has 0 aromatic heterocycles. The highest BCUT2D eigenvalue weighted by Gasteiger charge is 2.61. The van der Waals surface area contributed by atoms with Gasteiger partial charge in [0, 0.05) is 12.5 Å². The maximum atomic E-state index is 13.5. The summed E-state index contributed by atoms with van der Waals surface area (Å²) in [6.07, 6.45) is 8.79. The zero-order valence-corrected chi connectivity index (χ0v) is 22.3. The van der Waals surface area contributed by atoms with Crippen molar-refractivity contribution in [2.75, 3.05) is 12.8 Å². The number of allylic oxidation sites excluding steroid dienone is 1. The second-order valence-electron chi connectivity index (χ2n) is 10.9. The van der Waals surface area contributed by atoms with Gasteiger partial charge >= 0.3 is 6.09 Å². The van der Waals surface area contributed by atoms with Gasteiger partial charge < -0.3 is 20.3 Å². The first kappa shape index (κ1) is 27.9. The Morgan fingerprint density at radius 1 is 1.14 bits per heavy atom. The van der Waals surface area contributed by atoms with E-state index in [1.807, 2.05) is 16.9 Å². The van der Waals surface area contributed by atoms with Crippen molar-refractivity contribution in [3.8, 4) is 0 Å². The predicted molar refractivity (Wildman–Crippen MR) is 132 cm³/mol. The lowest BCUT2D eigenvalue weighted by Gasteiger charge is -2.30. The number of nitrogens with one attached hydrogen (secondary N) is 3. The minimum Gasteiger partial charge on any atom is -0.444 e. The van der Waals surface area contributed by atoms with Crippen molar-refractivity contribution >= 4 is 33.8 Å². The Hall–Kier alpha value is -2.63. The molecule has 36 heavy (non-hydrogen) atoms. The van der Waals surface area contributed by atoms with Gasteiger partial charge in [0.05, 0.1) is 6.26 Å². The third-order valence-electron chi connectivity index (χ3n) is 6.60. The number of alkyl carbamates (subject to hydrolysis) is 1. The van der Waals surface area contributed by atoms with Crippen LogP contribution in [0.2, 0.25) is 0 Å². The molecule has 2 fully saturated rings. The maximum Gasteiger partial charge on any atom is 0.408 e. The Morgan fingerprint density at radius 3 is 2.53 bits per heavy atom. The number of carbonyl (C=O) groups excluding carboxylic acids is 4. The molecule has 2 heterocycles. The van der Waals surface area contributed by atoms with Gasteiger partial charge in [0.1, 0.15) is 23.2 Å². The van der Waals surface area contributed by atoms with Gasteiger partial charge in [-0.3, -0.25) is 19.1 Å². The highest BCUT2D eigenvalue weighted by atomic mass is 32.2. The van der Waals surface area contributed by atoms with E-state index in [0.717, 1.165) is 25.5 Å². The molecule has 0 aromatic rings. The fourth-order valence-corrected chi connectivity index (χ4v) is 5.32. The van der Waals surface area contributed by atoms with Crippen LogP contribution in [0.3, 0.4) is 0 Å². The summed E-state index contributed by atoms with van der Waals surface area (Å²) in [4.78, 5) is 53.6. The molecule has 1 aliphatic carbocycles. The van der Waals surface area contributed by atoms with Gasteiger partial charge in [-0.25, -0.2) is 13.2 Å². The maximum absolute atomic E-state index is 13.5. The Balaban J connectivity index is 1.83. The molecule has 3 rings (SSSR count). The van der Waals surface area contributed by atoms with Crippen LogP contribution >= 0.6 is 0 Å². The summed E-state index contributed by atoms with van der Waals surface area (Å²) in [5.41, 5.74) is -2.10. The smallest absolute Gasteiger partial charge is 0.408 e. The summed E-state index contributed by atoms with van der Waals surface area (Å²) in [6, 6.07) is -1.66. The highest BCUT2D eigenvalue weighted by Crippen LogP contribution is 2.45. The van der Waals surface area contributed by atoms with E-state index in [0.29, 0.717) is 32.2 Å². The summed E-state index contributed by atoms with van der Waals surface area (Å²) < 4.78 is 30.7. The monoisotopic (exact) mass is 526 g/mol. The Kier molecular flexibility index (Phi) is 8.37. The van der Waals surface area contributed by atoms with Crippen molar-refractivity contribution in [2.24, 2.45) is 5.92 Å². The lowest BCUT2D eigenvalue weighted by Crippen LogP contribution is -2.58. The number of nitrogens with zero attached hydrogens (tertiary/aromatic N) is 1. The van der Waals surface area contributed by atoms with Gasteiger partial charge in [-0.2, -0.15) is 0 Å². The Morgan fingerprint density at radius 2 is 1.86 bits per heavy atom. The number of sulfonamides is 1. The molecule has 1 saturated carbocycles. The number of amides is 4. The van der Waals surface area contributed by atoms with Crippen molar-refractivity contribution in [2.45, 2.75) is 95.4 Å². The molecular weight excluding hydrogens is 488 g/mol. The third-order valence-corrected chi connectivity index (χ3v) is 7.16. The van der Waals surface area contributed by atoms with Crippen molar-refractivity contribution in [1.29, 1.82) is 0 Å². The zero-order chi connectivity index (χ0) is 26.7. The van der Waals surface area contributed by atoms with E-state index in [2.05, 4.69) is 10.6 Å². The van der Waals surface area contributed by atoms with Crippen LogP contribution in [0, 0.1) is 5.92 Å². The number of carbonyl (C=O) groups is 4. The first-order valence-corrected chi connectivity index (χ1v) is 14.4. The van der Waals surface area contributed by atoms with Crippen LogP contribution in [0.4, 0.5) is 4.79 Å². The number of hydrogen-bond donors (Lipinski definition) is 3. The summed E-state index contributed by atoms with van der Waals surface area (Å²) in [5.74, 6) is -1.99. The molecule has 202 valence electrons. The largest absolute Gasteiger partial charge is 0.444 e. The van der Waals surface area contributed by atoms with E-state index in [-0.39, 0.29) is 18.2 Å². The molecule has 0 spiro atoms. The third kappa shape index (κ3) is 7.21. The van der Waals surface area contributed by atoms with Crippen LogP contribution in [0.1, 0.15) is 72.1 Å². The molecule has 0 radical (unpaired) electrons. The van der Waals surface area contributed by atoms with Gasteiger partial charge in [-0.1, -0.05) is 25.0 Å². The number of fused-ring (bicyclic) bond motifs is 2. The van der Waals surface area contributed by atoms with Crippen LogP contribution in [-0.2, 0) is 29.1 Å². The number of ether oxygens (including phenoxy) is 1. The molecule has 12 heteroatoms. The van der Waals surface area contributed by atoms with E-state index in [1.54, 1.807) is 20.8 Å². The quantitative estimate of drug-likeness (QED) is 0.470. The van der Waals surface area contributed by atoms with Gasteiger partial charge in [0.25, 0.3) is 5.91 Å². The molecule has 0 aromatic carbocycles. The van der Waals surface area contributed by atoms with E-state index in [9.17, 15) is 27.6 Å². The predicted octanol–water partition coefficient (Wildman–Crippen LogP) is 1.34. The first-order valence-electron chi connectivity index (χ1n) is 12.5. The number of rotatable bonds is 3. The van der Waals surface area contributed by atoms with E-state index < -0.39 is 51.2 Å². The van der Waals surface area contributed by atoms with Crippen LogP contribution in [-0.4, -0.2) is 73.2 Å². The molecule has 4 unspecified atom stereocenters. The Bertz CT molecular complexity index is 1020. The molecule has 4 atom stereocenters. The normalized spacial score (nSPS) is 30.6. The van der Waals surface area contributed by atoms with Crippen molar-refractivity contribution in [3.05, 3.63) is 12.2 Å². The molecule has 3 aliphatic rings. The fourth-order valence-electron chi connectivity index (χ4n) is 4.80. The van der Waals surface area contributed by atoms with Crippen LogP contribution in [0.25, 0.3) is 0 Å². The van der Waals surface area contributed by atoms with Crippen molar-refractivity contribution in [3.63, 3.8) is 0 Å². The highest BCUT2D eigenvalue weighted by molar-refractivity contribution is 7.89. The van der Waals surface area contributed by atoms with E-state index in [1.165, 1.54) is 4.90 Å². The summed E-state index contributed by atoms with van der Waals surface area (Å²) in [7, 11) is -3.82. The molecule has 3 N–H and O–H groups in total. The number of hydrogen-bond acceptors (Lipinski definition) is 7. The average Bonchev–Trinajstić information content (AvgIpc) is 3.20. The Labute approximate surface area is 212 Å². The molecular formula is C24H38N4O7S. The van der Waals surface area contributed by atoms with Crippen LogP contribution in [0.5, 0.6) is 0 Å². The van der Waals surface area contributed by atoms with Gasteiger partial charge in [-0.15, -0.1) is 0 Å². The minimum atomic E-state index is -3.82. The van der Waals surface area contributed by atoms with E-state index in [4.69, 9.17) is 4.74 Å². The lowest BCUT2D eigenvalue weighted by molar-refractivity contribution is -0.141. The van der Waals surface area contributed by atoms with Crippen LogP contribution < -0.4 is 15.4 Å². The SMILES string of the molecule is CC(C)(C)OC(=O)NC1CCCCC/C=C\C2CC2(C(=O)NS(C)(=O)=O)NC(=O)C2CCCN2C1=O. The summed E-state index contributed by atoms with van der Waals surface area (Å²) in [5, 5.41) is 5.45. The van der Waals surface area contributed by atoms with Gasteiger partial charge in [0.15, 0.2) is 0 Å².